The maximum Gasteiger partial charge on any atom is 0.302 e. The van der Waals surface area contributed by atoms with Crippen molar-refractivity contribution in [1.29, 1.82) is 0 Å². The molecule has 0 aromatic heterocycles. The quantitative estimate of drug-likeness (QED) is 0.437. The van der Waals surface area contributed by atoms with Crippen LogP contribution in [-0.2, 0) is 9.53 Å². The standard InChI is InChI=1S/C7H13IO2/c1-6(4-3-5-8)10-7(2)9/h6H,3-5H2,1-2H3. The molecule has 3 heteroatoms. The number of ether oxygens (including phenoxy) is 1. The van der Waals surface area contributed by atoms with Gasteiger partial charge in [-0.05, 0) is 24.2 Å². The third kappa shape index (κ3) is 6.32. The van der Waals surface area contributed by atoms with Crippen LogP contribution < -0.4 is 0 Å². The van der Waals surface area contributed by atoms with Crippen molar-refractivity contribution >= 4 is 28.6 Å². The Morgan fingerprint density at radius 3 is 2.70 bits per heavy atom. The van der Waals surface area contributed by atoms with Gasteiger partial charge in [-0.2, -0.15) is 0 Å². The molecule has 0 spiro atoms. The lowest BCUT2D eigenvalue weighted by Crippen LogP contribution is -2.11. The molecule has 0 radical (unpaired) electrons. The molecule has 0 fully saturated rings. The molecule has 0 aliphatic rings. The van der Waals surface area contributed by atoms with E-state index in [1.54, 1.807) is 0 Å². The Morgan fingerprint density at radius 2 is 2.30 bits per heavy atom. The highest BCUT2D eigenvalue weighted by molar-refractivity contribution is 14.1. The predicted octanol–water partition coefficient (Wildman–Crippen LogP) is 2.15. The summed E-state index contributed by atoms with van der Waals surface area (Å²) in [5.41, 5.74) is 0. The Hall–Kier alpha value is 0.200. The van der Waals surface area contributed by atoms with Crippen LogP contribution in [0.15, 0.2) is 0 Å². The fourth-order valence-electron chi connectivity index (χ4n) is 0.707. The molecule has 0 N–H and O–H groups in total. The lowest BCUT2D eigenvalue weighted by atomic mass is 10.2. The number of halogens is 1. The average molecular weight is 256 g/mol. The van der Waals surface area contributed by atoms with Gasteiger partial charge in [0.1, 0.15) is 0 Å². The minimum absolute atomic E-state index is 0.0901. The molecule has 0 rings (SSSR count). The second-order valence-corrected chi connectivity index (χ2v) is 3.33. The van der Waals surface area contributed by atoms with Crippen LogP contribution in [0.1, 0.15) is 26.7 Å². The molecule has 0 amide bonds. The zero-order valence-corrected chi connectivity index (χ0v) is 8.55. The van der Waals surface area contributed by atoms with Gasteiger partial charge in [-0.15, -0.1) is 0 Å². The zero-order valence-electron chi connectivity index (χ0n) is 6.39. The first-order chi connectivity index (χ1) is 4.66. The van der Waals surface area contributed by atoms with Crippen LogP contribution in [0.4, 0.5) is 0 Å². The molecular weight excluding hydrogens is 243 g/mol. The molecule has 0 bridgehead atoms. The third-order valence-corrected chi connectivity index (χ3v) is 1.87. The maximum atomic E-state index is 10.4. The van der Waals surface area contributed by atoms with Crippen LogP contribution in [0.3, 0.4) is 0 Å². The Bertz CT molecular complexity index is 104. The second-order valence-electron chi connectivity index (χ2n) is 2.25. The molecular formula is C7H13IO2. The van der Waals surface area contributed by atoms with Gasteiger partial charge in [0, 0.05) is 6.92 Å². The third-order valence-electron chi connectivity index (χ3n) is 1.11. The van der Waals surface area contributed by atoms with E-state index in [9.17, 15) is 4.79 Å². The molecule has 0 saturated carbocycles. The molecule has 0 saturated heterocycles. The highest BCUT2D eigenvalue weighted by Crippen LogP contribution is 2.03. The van der Waals surface area contributed by atoms with Gasteiger partial charge in [0.15, 0.2) is 0 Å². The summed E-state index contributed by atoms with van der Waals surface area (Å²) in [7, 11) is 0. The maximum absolute atomic E-state index is 10.4. The zero-order chi connectivity index (χ0) is 7.98. The topological polar surface area (TPSA) is 26.3 Å². The summed E-state index contributed by atoms with van der Waals surface area (Å²) < 4.78 is 6.04. The number of esters is 1. The first-order valence-electron chi connectivity index (χ1n) is 3.40. The summed E-state index contributed by atoms with van der Waals surface area (Å²) >= 11 is 2.31. The van der Waals surface area contributed by atoms with Gasteiger partial charge in [0.05, 0.1) is 6.10 Å². The van der Waals surface area contributed by atoms with Crippen molar-refractivity contribution in [2.45, 2.75) is 32.8 Å². The van der Waals surface area contributed by atoms with Gasteiger partial charge < -0.3 is 4.74 Å². The highest BCUT2D eigenvalue weighted by atomic mass is 127. The van der Waals surface area contributed by atoms with Crippen LogP contribution >= 0.6 is 22.6 Å². The van der Waals surface area contributed by atoms with Gasteiger partial charge >= 0.3 is 5.97 Å². The van der Waals surface area contributed by atoms with Crippen molar-refractivity contribution in [3.05, 3.63) is 0 Å². The molecule has 60 valence electrons. The monoisotopic (exact) mass is 256 g/mol. The van der Waals surface area contributed by atoms with Crippen molar-refractivity contribution in [2.24, 2.45) is 0 Å². The summed E-state index contributed by atoms with van der Waals surface area (Å²) in [6.45, 7) is 3.37. The number of rotatable bonds is 4. The van der Waals surface area contributed by atoms with E-state index in [0.29, 0.717) is 0 Å². The van der Waals surface area contributed by atoms with Gasteiger partial charge in [-0.25, -0.2) is 0 Å². The number of carbonyl (C=O) groups excluding carboxylic acids is 1. The van der Waals surface area contributed by atoms with E-state index >= 15 is 0 Å². The normalized spacial score (nSPS) is 12.7. The van der Waals surface area contributed by atoms with E-state index in [1.807, 2.05) is 6.92 Å². The number of hydrogen-bond acceptors (Lipinski definition) is 2. The fourth-order valence-corrected chi connectivity index (χ4v) is 1.15. The summed E-state index contributed by atoms with van der Waals surface area (Å²) in [5.74, 6) is -0.180. The minimum Gasteiger partial charge on any atom is -0.463 e. The molecule has 1 unspecified atom stereocenters. The summed E-state index contributed by atoms with van der Waals surface area (Å²) in [6.07, 6.45) is 2.18. The van der Waals surface area contributed by atoms with Crippen molar-refractivity contribution in [2.75, 3.05) is 4.43 Å². The van der Waals surface area contributed by atoms with Crippen LogP contribution in [0.25, 0.3) is 0 Å². The van der Waals surface area contributed by atoms with E-state index < -0.39 is 0 Å². The van der Waals surface area contributed by atoms with E-state index in [0.717, 1.165) is 17.3 Å². The summed E-state index contributed by atoms with van der Waals surface area (Å²) in [6, 6.07) is 0. The van der Waals surface area contributed by atoms with Crippen LogP contribution in [-0.4, -0.2) is 16.5 Å². The summed E-state index contributed by atoms with van der Waals surface area (Å²) in [4.78, 5) is 10.4. The molecule has 0 aliphatic carbocycles. The van der Waals surface area contributed by atoms with Crippen molar-refractivity contribution in [3.8, 4) is 0 Å². The first-order valence-corrected chi connectivity index (χ1v) is 4.92. The fraction of sp³-hybridized carbons (Fsp3) is 0.857. The van der Waals surface area contributed by atoms with Gasteiger partial charge in [0.25, 0.3) is 0 Å². The largest absolute Gasteiger partial charge is 0.463 e. The average Bonchev–Trinajstić information content (AvgIpc) is 1.82. The molecule has 1 atom stereocenters. The number of alkyl halides is 1. The SMILES string of the molecule is CC(=O)OC(C)CCCI. The van der Waals surface area contributed by atoms with Crippen LogP contribution in [0, 0.1) is 0 Å². The number of carbonyl (C=O) groups is 1. The van der Waals surface area contributed by atoms with E-state index in [2.05, 4.69) is 22.6 Å². The Balaban J connectivity index is 3.25. The van der Waals surface area contributed by atoms with Crippen LogP contribution in [0.2, 0.25) is 0 Å². The Labute approximate surface area is 75.5 Å². The Kier molecular flexibility index (Phi) is 6.06. The minimum atomic E-state index is -0.180. The highest BCUT2D eigenvalue weighted by Gasteiger charge is 2.02. The molecule has 0 heterocycles. The smallest absolute Gasteiger partial charge is 0.302 e. The van der Waals surface area contributed by atoms with Gasteiger partial charge in [-0.1, -0.05) is 22.6 Å². The lowest BCUT2D eigenvalue weighted by molar-refractivity contribution is -0.145. The Morgan fingerprint density at radius 1 is 1.70 bits per heavy atom. The van der Waals surface area contributed by atoms with E-state index in [4.69, 9.17) is 4.74 Å². The summed E-state index contributed by atoms with van der Waals surface area (Å²) in [5, 5.41) is 0. The molecule has 0 aromatic carbocycles. The molecule has 2 nitrogen and oxygen atoms in total. The van der Waals surface area contributed by atoms with Crippen molar-refractivity contribution in [3.63, 3.8) is 0 Å². The van der Waals surface area contributed by atoms with Crippen LogP contribution in [0.5, 0.6) is 0 Å². The van der Waals surface area contributed by atoms with Crippen molar-refractivity contribution in [1.82, 2.24) is 0 Å². The lowest BCUT2D eigenvalue weighted by Gasteiger charge is -2.09. The van der Waals surface area contributed by atoms with Crippen molar-refractivity contribution < 1.29 is 9.53 Å². The van der Waals surface area contributed by atoms with E-state index in [-0.39, 0.29) is 12.1 Å². The predicted molar refractivity (Wildman–Crippen MR) is 49.3 cm³/mol. The molecule has 0 aliphatic heterocycles. The van der Waals surface area contributed by atoms with Gasteiger partial charge in [-0.3, -0.25) is 4.79 Å². The van der Waals surface area contributed by atoms with E-state index in [1.165, 1.54) is 6.92 Å². The molecule has 0 aromatic rings. The first kappa shape index (κ1) is 10.2. The second kappa shape index (κ2) is 5.95. The van der Waals surface area contributed by atoms with Gasteiger partial charge in [0.2, 0.25) is 0 Å². The number of hydrogen-bond donors (Lipinski definition) is 0. The molecule has 10 heavy (non-hydrogen) atoms.